The number of amides is 1. The van der Waals surface area contributed by atoms with Crippen LogP contribution < -0.4 is 4.74 Å². The number of hydrogen-bond acceptors (Lipinski definition) is 5. The highest BCUT2D eigenvalue weighted by atomic mass is 32.2. The molecule has 0 aromatic heterocycles. The largest absolute Gasteiger partial charge is 0.489 e. The Balaban J connectivity index is 1.34. The molecule has 0 bridgehead atoms. The summed E-state index contributed by atoms with van der Waals surface area (Å²) in [4.78, 5) is 20.5. The summed E-state index contributed by atoms with van der Waals surface area (Å²) in [6, 6.07) is 36.7. The zero-order valence-electron chi connectivity index (χ0n) is 20.0. The Kier molecular flexibility index (Phi) is 7.44. The van der Waals surface area contributed by atoms with E-state index in [9.17, 15) is 10.1 Å². The topological polar surface area (TPSA) is 65.7 Å². The van der Waals surface area contributed by atoms with E-state index >= 15 is 0 Å². The molecule has 37 heavy (non-hydrogen) atoms. The highest BCUT2D eigenvalue weighted by molar-refractivity contribution is 8.18. The molecule has 6 heteroatoms. The van der Waals surface area contributed by atoms with Crippen molar-refractivity contribution in [3.05, 3.63) is 136 Å². The SMILES string of the molecule is N#Cc1ccccc1COc1ccc(C=C2SC(=Nc3ccccc3)N(Cc3ccccc3)C2=O)cc1. The smallest absolute Gasteiger partial charge is 0.267 e. The number of carbonyl (C=O) groups is 1. The molecule has 0 spiro atoms. The molecule has 180 valence electrons. The molecule has 0 aliphatic carbocycles. The number of hydrogen-bond donors (Lipinski definition) is 0. The van der Waals surface area contributed by atoms with E-state index in [0.29, 0.717) is 34.5 Å². The van der Waals surface area contributed by atoms with Crippen LogP contribution in [0.4, 0.5) is 5.69 Å². The van der Waals surface area contributed by atoms with Crippen molar-refractivity contribution >= 4 is 34.6 Å². The van der Waals surface area contributed by atoms with Crippen molar-refractivity contribution < 1.29 is 9.53 Å². The Morgan fingerprint density at radius 2 is 1.54 bits per heavy atom. The summed E-state index contributed by atoms with van der Waals surface area (Å²) >= 11 is 1.38. The lowest BCUT2D eigenvalue weighted by molar-refractivity contribution is -0.122. The molecule has 1 aliphatic rings. The van der Waals surface area contributed by atoms with Crippen molar-refractivity contribution in [1.29, 1.82) is 5.26 Å². The average Bonchev–Trinajstić information content (AvgIpc) is 3.22. The van der Waals surface area contributed by atoms with Gasteiger partial charge in [-0.1, -0.05) is 78.9 Å². The van der Waals surface area contributed by atoms with Gasteiger partial charge in [0.2, 0.25) is 0 Å². The standard InChI is InChI=1S/C31H23N3O2S/c32-20-25-11-7-8-12-26(25)22-36-28-17-15-23(16-18-28)19-29-30(35)34(21-24-9-3-1-4-10-24)31(37-29)33-27-13-5-2-6-14-27/h1-19H,21-22H2. The number of thioether (sulfide) groups is 1. The third-order valence-corrected chi connectivity index (χ3v) is 6.77. The summed E-state index contributed by atoms with van der Waals surface area (Å²) in [7, 11) is 0. The third kappa shape index (κ3) is 5.97. The van der Waals surface area contributed by atoms with E-state index in [1.54, 1.807) is 11.0 Å². The zero-order valence-corrected chi connectivity index (χ0v) is 20.8. The van der Waals surface area contributed by atoms with Crippen LogP contribution in [0.1, 0.15) is 22.3 Å². The van der Waals surface area contributed by atoms with Gasteiger partial charge < -0.3 is 4.74 Å². The number of amidine groups is 1. The van der Waals surface area contributed by atoms with Crippen LogP contribution in [0.5, 0.6) is 5.75 Å². The molecule has 1 heterocycles. The van der Waals surface area contributed by atoms with Gasteiger partial charge in [0.15, 0.2) is 5.17 Å². The first-order valence-electron chi connectivity index (χ1n) is 11.8. The molecule has 0 unspecified atom stereocenters. The zero-order chi connectivity index (χ0) is 25.5. The average molecular weight is 502 g/mol. The second-order valence-electron chi connectivity index (χ2n) is 8.34. The van der Waals surface area contributed by atoms with Crippen molar-refractivity contribution in [2.24, 2.45) is 4.99 Å². The normalized spacial score (nSPS) is 15.2. The fourth-order valence-electron chi connectivity index (χ4n) is 3.84. The highest BCUT2D eigenvalue weighted by Crippen LogP contribution is 2.35. The van der Waals surface area contributed by atoms with Crippen LogP contribution in [0, 0.1) is 11.3 Å². The molecule has 1 saturated heterocycles. The number of benzene rings is 4. The molecule has 0 atom stereocenters. The lowest BCUT2D eigenvalue weighted by Gasteiger charge is -2.15. The van der Waals surface area contributed by atoms with Gasteiger partial charge in [-0.2, -0.15) is 5.26 Å². The van der Waals surface area contributed by atoms with Crippen LogP contribution >= 0.6 is 11.8 Å². The van der Waals surface area contributed by atoms with Gasteiger partial charge in [0, 0.05) is 5.56 Å². The van der Waals surface area contributed by atoms with Crippen LogP contribution in [-0.4, -0.2) is 16.0 Å². The van der Waals surface area contributed by atoms with E-state index in [-0.39, 0.29) is 5.91 Å². The lowest BCUT2D eigenvalue weighted by Crippen LogP contribution is -2.28. The second kappa shape index (κ2) is 11.4. The van der Waals surface area contributed by atoms with E-state index < -0.39 is 0 Å². The van der Waals surface area contributed by atoms with Crippen molar-refractivity contribution in [3.8, 4) is 11.8 Å². The Labute approximate surface area is 220 Å². The second-order valence-corrected chi connectivity index (χ2v) is 9.35. The van der Waals surface area contributed by atoms with Crippen molar-refractivity contribution in [2.45, 2.75) is 13.2 Å². The molecule has 5 rings (SSSR count). The van der Waals surface area contributed by atoms with Crippen molar-refractivity contribution in [3.63, 3.8) is 0 Å². The lowest BCUT2D eigenvalue weighted by atomic mass is 10.1. The number of carbonyl (C=O) groups excluding carboxylic acids is 1. The van der Waals surface area contributed by atoms with Crippen LogP contribution in [0.2, 0.25) is 0 Å². The van der Waals surface area contributed by atoms with Crippen LogP contribution in [0.15, 0.2) is 119 Å². The fourth-order valence-corrected chi connectivity index (χ4v) is 4.84. The molecule has 5 nitrogen and oxygen atoms in total. The van der Waals surface area contributed by atoms with Crippen LogP contribution in [-0.2, 0) is 17.9 Å². The van der Waals surface area contributed by atoms with Crippen LogP contribution in [0.25, 0.3) is 6.08 Å². The molecular weight excluding hydrogens is 478 g/mol. The number of rotatable bonds is 7. The first-order chi connectivity index (χ1) is 18.2. The minimum atomic E-state index is -0.0722. The minimum Gasteiger partial charge on any atom is -0.489 e. The number of nitrogens with zero attached hydrogens (tertiary/aromatic N) is 3. The number of aliphatic imine (C=N–C) groups is 1. The van der Waals surface area contributed by atoms with E-state index in [1.165, 1.54) is 11.8 Å². The molecule has 1 aliphatic heterocycles. The summed E-state index contributed by atoms with van der Waals surface area (Å²) in [6.07, 6.45) is 1.88. The van der Waals surface area contributed by atoms with Gasteiger partial charge in [-0.3, -0.25) is 9.69 Å². The van der Waals surface area contributed by atoms with Gasteiger partial charge in [0.05, 0.1) is 28.8 Å². The Hall–Kier alpha value is -4.60. The highest BCUT2D eigenvalue weighted by Gasteiger charge is 2.33. The van der Waals surface area contributed by atoms with E-state index in [1.807, 2.05) is 109 Å². The molecular formula is C31H23N3O2S. The molecule has 4 aromatic carbocycles. The Bertz CT molecular complexity index is 1490. The molecule has 0 N–H and O–H groups in total. The third-order valence-electron chi connectivity index (χ3n) is 5.76. The predicted molar refractivity (Wildman–Crippen MR) is 148 cm³/mol. The number of para-hydroxylation sites is 1. The maximum absolute atomic E-state index is 13.4. The quantitative estimate of drug-likeness (QED) is 0.257. The van der Waals surface area contributed by atoms with E-state index in [4.69, 9.17) is 9.73 Å². The summed E-state index contributed by atoms with van der Waals surface area (Å²) in [5, 5.41) is 9.91. The van der Waals surface area contributed by atoms with Gasteiger partial charge in [-0.15, -0.1) is 0 Å². The fraction of sp³-hybridized carbons (Fsp3) is 0.0645. The van der Waals surface area contributed by atoms with Gasteiger partial charge in [0.1, 0.15) is 12.4 Å². The van der Waals surface area contributed by atoms with Gasteiger partial charge in [-0.25, -0.2) is 4.99 Å². The van der Waals surface area contributed by atoms with E-state index in [0.717, 1.165) is 22.4 Å². The van der Waals surface area contributed by atoms with Crippen molar-refractivity contribution in [2.75, 3.05) is 0 Å². The Morgan fingerprint density at radius 1 is 0.865 bits per heavy atom. The molecule has 1 amide bonds. The summed E-state index contributed by atoms with van der Waals surface area (Å²) in [5.41, 5.74) is 4.18. The first-order valence-corrected chi connectivity index (χ1v) is 12.6. The number of nitriles is 1. The van der Waals surface area contributed by atoms with Gasteiger partial charge in [0.25, 0.3) is 5.91 Å². The van der Waals surface area contributed by atoms with Crippen molar-refractivity contribution in [1.82, 2.24) is 4.90 Å². The monoisotopic (exact) mass is 501 g/mol. The Morgan fingerprint density at radius 3 is 2.27 bits per heavy atom. The number of ether oxygens (including phenoxy) is 1. The predicted octanol–water partition coefficient (Wildman–Crippen LogP) is 6.94. The first kappa shape index (κ1) is 24.1. The molecule has 1 fully saturated rings. The molecule has 4 aromatic rings. The molecule has 0 saturated carbocycles. The van der Waals surface area contributed by atoms with E-state index in [2.05, 4.69) is 6.07 Å². The summed E-state index contributed by atoms with van der Waals surface area (Å²) < 4.78 is 5.88. The maximum Gasteiger partial charge on any atom is 0.267 e. The van der Waals surface area contributed by atoms with Gasteiger partial charge >= 0.3 is 0 Å². The molecule has 0 radical (unpaired) electrons. The summed E-state index contributed by atoms with van der Waals surface area (Å²) in [6.45, 7) is 0.763. The minimum absolute atomic E-state index is 0.0722. The maximum atomic E-state index is 13.4. The van der Waals surface area contributed by atoms with Crippen LogP contribution in [0.3, 0.4) is 0 Å². The van der Waals surface area contributed by atoms with Gasteiger partial charge in [-0.05, 0) is 59.3 Å². The summed E-state index contributed by atoms with van der Waals surface area (Å²) in [5.74, 6) is 0.620.